The van der Waals surface area contributed by atoms with Crippen LogP contribution in [-0.4, -0.2) is 37.4 Å². The van der Waals surface area contributed by atoms with Crippen molar-refractivity contribution in [3.05, 3.63) is 70.7 Å². The zero-order chi connectivity index (χ0) is 26.0. The molecule has 2 heterocycles. The van der Waals surface area contributed by atoms with E-state index in [2.05, 4.69) is 33.5 Å². The molecule has 0 bridgehead atoms. The fourth-order valence-electron chi connectivity index (χ4n) is 4.57. The highest BCUT2D eigenvalue weighted by molar-refractivity contribution is 7.91. The van der Waals surface area contributed by atoms with E-state index in [1.54, 1.807) is 12.3 Å². The van der Waals surface area contributed by atoms with Crippen molar-refractivity contribution in [2.75, 3.05) is 23.4 Å². The maximum absolute atomic E-state index is 14.6. The fraction of sp³-hybridized carbons (Fsp3) is 0.379. The first kappa shape index (κ1) is 25.4. The van der Waals surface area contributed by atoms with E-state index < -0.39 is 21.6 Å². The van der Waals surface area contributed by atoms with Crippen LogP contribution >= 0.6 is 0 Å². The molecule has 8 heteroatoms. The maximum Gasteiger partial charge on any atom is 0.258 e. The van der Waals surface area contributed by atoms with Crippen LogP contribution in [0.2, 0.25) is 0 Å². The van der Waals surface area contributed by atoms with Gasteiger partial charge in [-0.05, 0) is 86.5 Å². The lowest BCUT2D eigenvalue weighted by molar-refractivity contribution is 0.102. The summed E-state index contributed by atoms with van der Waals surface area (Å²) in [7, 11) is -2.84. The number of amides is 1. The number of halogens is 1. The summed E-state index contributed by atoms with van der Waals surface area (Å²) < 4.78 is 37.8. The van der Waals surface area contributed by atoms with Crippen molar-refractivity contribution in [1.29, 1.82) is 0 Å². The van der Waals surface area contributed by atoms with Crippen LogP contribution in [0.5, 0.6) is 0 Å². The van der Waals surface area contributed by atoms with Gasteiger partial charge in [0.25, 0.3) is 5.91 Å². The van der Waals surface area contributed by atoms with Gasteiger partial charge in [-0.2, -0.15) is 0 Å². The molecule has 6 nitrogen and oxygen atoms in total. The van der Waals surface area contributed by atoms with E-state index >= 15 is 0 Å². The average molecular weight is 520 g/mol. The Morgan fingerprint density at radius 2 is 1.89 bits per heavy atom. The first-order valence-corrected chi connectivity index (χ1v) is 14.5. The molecule has 1 saturated carbocycles. The van der Waals surface area contributed by atoms with Gasteiger partial charge in [0.2, 0.25) is 0 Å². The summed E-state index contributed by atoms with van der Waals surface area (Å²) in [6, 6.07) is 10.2. The molecule has 192 valence electrons. The number of carbonyl (C=O) groups is 1. The molecule has 5 rings (SSSR count). The highest BCUT2D eigenvalue weighted by atomic mass is 32.2. The number of hydrogen-bond donors (Lipinski definition) is 2. The van der Waals surface area contributed by atoms with Crippen molar-refractivity contribution in [2.24, 2.45) is 11.8 Å². The highest BCUT2D eigenvalue weighted by Gasteiger charge is 2.23. The predicted molar refractivity (Wildman–Crippen MR) is 144 cm³/mol. The molecule has 2 fully saturated rings. The normalized spacial score (nSPS) is 17.2. The molecule has 1 amide bonds. The first-order valence-electron chi connectivity index (χ1n) is 12.7. The minimum Gasteiger partial charge on any atom is -0.322 e. The summed E-state index contributed by atoms with van der Waals surface area (Å²) >= 11 is 0. The minimum absolute atomic E-state index is 0.0265. The van der Waals surface area contributed by atoms with E-state index in [0.29, 0.717) is 42.5 Å². The monoisotopic (exact) mass is 519 g/mol. The van der Waals surface area contributed by atoms with E-state index in [1.807, 2.05) is 19.1 Å². The van der Waals surface area contributed by atoms with E-state index in [-0.39, 0.29) is 17.1 Å². The third kappa shape index (κ3) is 6.35. The van der Waals surface area contributed by atoms with Gasteiger partial charge in [0.1, 0.15) is 15.7 Å². The molecule has 1 aliphatic carbocycles. The van der Waals surface area contributed by atoms with Gasteiger partial charge in [0.05, 0.1) is 22.6 Å². The lowest BCUT2D eigenvalue weighted by Gasteiger charge is -2.22. The molecule has 0 radical (unpaired) electrons. The summed E-state index contributed by atoms with van der Waals surface area (Å²) in [4.78, 5) is 17.4. The van der Waals surface area contributed by atoms with Gasteiger partial charge in [-0.15, -0.1) is 0 Å². The Morgan fingerprint density at radius 1 is 1.11 bits per heavy atom. The van der Waals surface area contributed by atoms with Crippen molar-refractivity contribution in [3.8, 4) is 11.8 Å². The molecule has 37 heavy (non-hydrogen) atoms. The standard InChI is InChI=1S/C29H30FN3O3S/c1-19-27(33-29(34)25-8-6-21(15-26(25)30)5-4-20-2-3-20)9-7-24-14-23(18-32-28(19)24)17-31-16-22-10-12-37(35,36)13-11-22/h6-9,14-15,18,20,22,31H,2-3,10-13,16-17H2,1H3,(H,33,34). The Labute approximate surface area is 217 Å². The van der Waals surface area contributed by atoms with E-state index in [4.69, 9.17) is 0 Å². The number of nitrogens with zero attached hydrogens (tertiary/aromatic N) is 1. The van der Waals surface area contributed by atoms with Crippen molar-refractivity contribution in [2.45, 2.75) is 39.2 Å². The van der Waals surface area contributed by atoms with Crippen LogP contribution in [0, 0.1) is 36.4 Å². The molecular weight excluding hydrogens is 489 g/mol. The van der Waals surface area contributed by atoms with E-state index in [1.165, 1.54) is 12.1 Å². The summed E-state index contributed by atoms with van der Waals surface area (Å²) in [6.45, 7) is 3.30. The number of benzene rings is 2. The topological polar surface area (TPSA) is 88.2 Å². The first-order chi connectivity index (χ1) is 17.8. The van der Waals surface area contributed by atoms with Gasteiger partial charge in [0, 0.05) is 35.3 Å². The quantitative estimate of drug-likeness (QED) is 0.465. The number of aryl methyl sites for hydroxylation is 1. The number of nitrogens with one attached hydrogen (secondary N) is 2. The third-order valence-corrected chi connectivity index (χ3v) is 8.77. The molecule has 0 spiro atoms. The lowest BCUT2D eigenvalue weighted by atomic mass is 10.0. The van der Waals surface area contributed by atoms with Gasteiger partial charge in [-0.25, -0.2) is 12.8 Å². The zero-order valence-corrected chi connectivity index (χ0v) is 21.6. The number of pyridine rings is 1. The number of aromatic nitrogens is 1. The lowest BCUT2D eigenvalue weighted by Crippen LogP contribution is -2.30. The molecule has 0 atom stereocenters. The summed E-state index contributed by atoms with van der Waals surface area (Å²) in [5.74, 6) is 6.32. The predicted octanol–water partition coefficient (Wildman–Crippen LogP) is 4.61. The van der Waals surface area contributed by atoms with Crippen molar-refractivity contribution < 1.29 is 17.6 Å². The summed E-state index contributed by atoms with van der Waals surface area (Å²) in [5.41, 5.74) is 3.73. The van der Waals surface area contributed by atoms with Gasteiger partial charge in [-0.1, -0.05) is 17.9 Å². The van der Waals surface area contributed by atoms with Gasteiger partial charge in [0.15, 0.2) is 0 Å². The Balaban J connectivity index is 1.22. The van der Waals surface area contributed by atoms with E-state index in [0.717, 1.165) is 41.4 Å². The number of rotatable bonds is 6. The van der Waals surface area contributed by atoms with Gasteiger partial charge in [-0.3, -0.25) is 9.78 Å². The SMILES string of the molecule is Cc1c(NC(=O)c2ccc(C#CC3CC3)cc2F)ccc2cc(CNCC3CCS(=O)(=O)CC3)cnc12. The average Bonchev–Trinajstić information content (AvgIpc) is 3.70. The van der Waals surface area contributed by atoms with Crippen molar-refractivity contribution in [3.63, 3.8) is 0 Å². The van der Waals surface area contributed by atoms with Crippen LogP contribution in [0.4, 0.5) is 10.1 Å². The molecule has 1 aliphatic heterocycles. The fourth-order valence-corrected chi connectivity index (χ4v) is 6.16. The minimum atomic E-state index is -2.84. The third-order valence-electron chi connectivity index (χ3n) is 7.06. The van der Waals surface area contributed by atoms with Gasteiger partial charge < -0.3 is 10.6 Å². The van der Waals surface area contributed by atoms with Crippen LogP contribution < -0.4 is 10.6 Å². The number of carbonyl (C=O) groups excluding carboxylic acids is 1. The Bertz CT molecular complexity index is 1510. The molecule has 3 aromatic rings. The second-order valence-electron chi connectivity index (χ2n) is 10.1. The van der Waals surface area contributed by atoms with Crippen LogP contribution in [0.25, 0.3) is 10.9 Å². The molecule has 1 aromatic heterocycles. The van der Waals surface area contributed by atoms with Crippen LogP contribution in [-0.2, 0) is 16.4 Å². The maximum atomic E-state index is 14.6. The Hall–Kier alpha value is -3.28. The molecule has 2 aromatic carbocycles. The van der Waals surface area contributed by atoms with E-state index in [9.17, 15) is 17.6 Å². The smallest absolute Gasteiger partial charge is 0.258 e. The molecular formula is C29H30FN3O3S. The van der Waals surface area contributed by atoms with Crippen LogP contribution in [0.3, 0.4) is 0 Å². The molecule has 2 aliphatic rings. The number of hydrogen-bond acceptors (Lipinski definition) is 5. The summed E-state index contributed by atoms with van der Waals surface area (Å²) in [6.07, 6.45) is 5.43. The summed E-state index contributed by atoms with van der Waals surface area (Å²) in [5, 5.41) is 7.19. The molecule has 1 saturated heterocycles. The second kappa shape index (κ2) is 10.6. The Morgan fingerprint density at radius 3 is 2.62 bits per heavy atom. The second-order valence-corrected chi connectivity index (χ2v) is 12.4. The van der Waals surface area contributed by atoms with Crippen molar-refractivity contribution >= 4 is 32.3 Å². The van der Waals surface area contributed by atoms with Crippen molar-refractivity contribution in [1.82, 2.24) is 10.3 Å². The molecule has 2 N–H and O–H groups in total. The largest absolute Gasteiger partial charge is 0.322 e. The van der Waals surface area contributed by atoms with Gasteiger partial charge >= 0.3 is 0 Å². The van der Waals surface area contributed by atoms with Crippen LogP contribution in [0.15, 0.2) is 42.6 Å². The Kier molecular flexibility index (Phi) is 7.27. The number of anilines is 1. The molecule has 0 unspecified atom stereocenters. The highest BCUT2D eigenvalue weighted by Crippen LogP contribution is 2.28. The number of fused-ring (bicyclic) bond motifs is 1. The zero-order valence-electron chi connectivity index (χ0n) is 20.8. The van der Waals surface area contributed by atoms with Crippen LogP contribution in [0.1, 0.15) is 52.7 Å². The number of sulfone groups is 1.